The molecule has 0 aliphatic carbocycles. The number of rotatable bonds is 7. The number of ether oxygens (including phenoxy) is 2. The first-order valence-electron chi connectivity index (χ1n) is 10.8. The maximum Gasteiger partial charge on any atom is 0.282 e. The second-order valence-corrected chi connectivity index (χ2v) is 8.18. The summed E-state index contributed by atoms with van der Waals surface area (Å²) in [6.07, 6.45) is 0. The van der Waals surface area contributed by atoms with Crippen LogP contribution < -0.4 is 19.7 Å². The van der Waals surface area contributed by atoms with Crippen molar-refractivity contribution < 1.29 is 23.5 Å². The number of carbonyl (C=O) groups excluding carboxylic acids is 2. The van der Waals surface area contributed by atoms with Crippen molar-refractivity contribution in [3.05, 3.63) is 89.4 Å². The molecular weight excluding hydrogens is 435 g/mol. The average Bonchev–Trinajstić information content (AvgIpc) is 3.08. The summed E-state index contributed by atoms with van der Waals surface area (Å²) < 4.78 is 24.2. The highest BCUT2D eigenvalue weighted by molar-refractivity contribution is 6.46. The van der Waals surface area contributed by atoms with Crippen LogP contribution in [0.2, 0.25) is 0 Å². The molecule has 1 heterocycles. The summed E-state index contributed by atoms with van der Waals surface area (Å²) >= 11 is 0. The lowest BCUT2D eigenvalue weighted by Crippen LogP contribution is -2.32. The lowest BCUT2D eigenvalue weighted by molar-refractivity contribution is -0.120. The van der Waals surface area contributed by atoms with Crippen molar-refractivity contribution in [2.24, 2.45) is 0 Å². The van der Waals surface area contributed by atoms with Crippen LogP contribution in [0.3, 0.4) is 0 Å². The van der Waals surface area contributed by atoms with Crippen LogP contribution in [0.15, 0.2) is 72.4 Å². The molecule has 174 valence electrons. The Morgan fingerprint density at radius 2 is 1.41 bits per heavy atom. The fourth-order valence-electron chi connectivity index (χ4n) is 3.78. The molecule has 1 aliphatic heterocycles. The molecule has 0 saturated heterocycles. The van der Waals surface area contributed by atoms with Gasteiger partial charge < -0.3 is 14.8 Å². The molecule has 7 heteroatoms. The second kappa shape index (κ2) is 9.39. The monoisotopic (exact) mass is 460 g/mol. The van der Waals surface area contributed by atoms with E-state index < -0.39 is 17.6 Å². The van der Waals surface area contributed by atoms with Crippen molar-refractivity contribution in [1.82, 2.24) is 0 Å². The van der Waals surface area contributed by atoms with Crippen molar-refractivity contribution in [2.45, 2.75) is 19.8 Å². The summed E-state index contributed by atoms with van der Waals surface area (Å²) in [5.41, 5.74) is 2.80. The maximum atomic E-state index is 13.6. The van der Waals surface area contributed by atoms with Crippen molar-refractivity contribution >= 4 is 28.8 Å². The summed E-state index contributed by atoms with van der Waals surface area (Å²) in [7, 11) is 2.98. The van der Waals surface area contributed by atoms with E-state index in [0.717, 1.165) is 10.5 Å². The number of benzene rings is 3. The van der Waals surface area contributed by atoms with E-state index in [-0.39, 0.29) is 11.3 Å². The topological polar surface area (TPSA) is 67.9 Å². The van der Waals surface area contributed by atoms with Gasteiger partial charge in [0.05, 0.1) is 25.5 Å². The van der Waals surface area contributed by atoms with Crippen LogP contribution in [-0.4, -0.2) is 26.0 Å². The van der Waals surface area contributed by atoms with Gasteiger partial charge in [0.15, 0.2) is 0 Å². The van der Waals surface area contributed by atoms with Gasteiger partial charge in [-0.25, -0.2) is 9.29 Å². The molecule has 1 aliphatic rings. The number of nitrogens with zero attached hydrogens (tertiary/aromatic N) is 1. The molecule has 6 nitrogen and oxygen atoms in total. The van der Waals surface area contributed by atoms with Gasteiger partial charge >= 0.3 is 0 Å². The van der Waals surface area contributed by atoms with E-state index in [9.17, 15) is 14.0 Å². The highest BCUT2D eigenvalue weighted by Gasteiger charge is 2.40. The van der Waals surface area contributed by atoms with Crippen LogP contribution in [0.5, 0.6) is 11.5 Å². The molecule has 3 aromatic rings. The molecule has 0 unspecified atom stereocenters. The largest absolute Gasteiger partial charge is 0.497 e. The van der Waals surface area contributed by atoms with Gasteiger partial charge in [-0.1, -0.05) is 38.1 Å². The Hall–Kier alpha value is -4.13. The molecule has 4 rings (SSSR count). The van der Waals surface area contributed by atoms with Crippen LogP contribution >= 0.6 is 0 Å². The lowest BCUT2D eigenvalue weighted by Gasteiger charge is -2.17. The van der Waals surface area contributed by atoms with E-state index in [2.05, 4.69) is 19.2 Å². The molecule has 0 spiro atoms. The first kappa shape index (κ1) is 23.0. The third kappa shape index (κ3) is 4.37. The highest BCUT2D eigenvalue weighted by atomic mass is 19.1. The Morgan fingerprint density at radius 1 is 0.824 bits per heavy atom. The van der Waals surface area contributed by atoms with E-state index in [4.69, 9.17) is 9.47 Å². The number of anilines is 2. The van der Waals surface area contributed by atoms with Crippen LogP contribution in [-0.2, 0) is 9.59 Å². The van der Waals surface area contributed by atoms with Crippen molar-refractivity contribution in [2.75, 3.05) is 24.4 Å². The number of imide groups is 1. The summed E-state index contributed by atoms with van der Waals surface area (Å²) in [4.78, 5) is 28.2. The highest BCUT2D eigenvalue weighted by Crippen LogP contribution is 2.37. The molecular formula is C27H25FN2O4. The van der Waals surface area contributed by atoms with E-state index in [0.29, 0.717) is 34.4 Å². The first-order valence-corrected chi connectivity index (χ1v) is 10.8. The summed E-state index contributed by atoms with van der Waals surface area (Å²) in [6.45, 7) is 4.19. The van der Waals surface area contributed by atoms with Gasteiger partial charge in [0.1, 0.15) is 23.0 Å². The number of carbonyl (C=O) groups is 2. The molecule has 34 heavy (non-hydrogen) atoms. The van der Waals surface area contributed by atoms with Crippen LogP contribution in [0.4, 0.5) is 15.8 Å². The molecule has 0 fully saturated rings. The van der Waals surface area contributed by atoms with Crippen LogP contribution in [0.1, 0.15) is 30.9 Å². The number of amides is 2. The minimum absolute atomic E-state index is 0.107. The summed E-state index contributed by atoms with van der Waals surface area (Å²) in [6, 6.07) is 18.0. The molecule has 1 N–H and O–H groups in total. The van der Waals surface area contributed by atoms with Gasteiger partial charge in [0, 0.05) is 23.9 Å². The molecule has 0 aromatic heterocycles. The van der Waals surface area contributed by atoms with Crippen molar-refractivity contribution in [3.63, 3.8) is 0 Å². The smallest absolute Gasteiger partial charge is 0.282 e. The van der Waals surface area contributed by atoms with Crippen molar-refractivity contribution in [3.8, 4) is 11.5 Å². The number of methoxy groups -OCH3 is 2. The summed E-state index contributed by atoms with van der Waals surface area (Å²) in [5.74, 6) is -0.278. The van der Waals surface area contributed by atoms with E-state index in [1.165, 1.54) is 38.5 Å². The second-order valence-electron chi connectivity index (χ2n) is 8.18. The number of nitrogens with one attached hydrogen (secondary N) is 1. The van der Waals surface area contributed by atoms with E-state index in [1.54, 1.807) is 18.2 Å². The van der Waals surface area contributed by atoms with E-state index >= 15 is 0 Å². The average molecular weight is 461 g/mol. The van der Waals surface area contributed by atoms with Gasteiger partial charge in [0.25, 0.3) is 11.8 Å². The summed E-state index contributed by atoms with van der Waals surface area (Å²) in [5, 5.41) is 3.12. The third-order valence-electron chi connectivity index (χ3n) is 5.66. The van der Waals surface area contributed by atoms with Gasteiger partial charge in [-0.3, -0.25) is 9.59 Å². The van der Waals surface area contributed by atoms with Crippen molar-refractivity contribution in [1.29, 1.82) is 0 Å². The number of hydrogen-bond donors (Lipinski definition) is 1. The zero-order chi connectivity index (χ0) is 24.4. The Morgan fingerprint density at radius 3 is 1.94 bits per heavy atom. The Balaban J connectivity index is 1.80. The standard InChI is InChI=1S/C27H25FN2O4/c1-16(2)17-7-11-20(12-8-17)29-25-24(18-5-9-19(28)10-6-18)26(31)30(27(25)32)21-13-22(33-3)15-23(14-21)34-4/h5-16,29H,1-4H3. The molecule has 0 radical (unpaired) electrons. The van der Waals surface area contributed by atoms with Crippen LogP contribution in [0, 0.1) is 5.82 Å². The molecule has 0 saturated carbocycles. The Kier molecular flexibility index (Phi) is 6.36. The normalized spacial score (nSPS) is 13.6. The van der Waals surface area contributed by atoms with Gasteiger partial charge in [-0.15, -0.1) is 0 Å². The van der Waals surface area contributed by atoms with Crippen LogP contribution in [0.25, 0.3) is 5.57 Å². The fourth-order valence-corrected chi connectivity index (χ4v) is 3.78. The Bertz CT molecular complexity index is 1240. The van der Waals surface area contributed by atoms with Gasteiger partial charge in [-0.05, 0) is 41.3 Å². The SMILES string of the molecule is COc1cc(OC)cc(N2C(=O)C(Nc3ccc(C(C)C)cc3)=C(c3ccc(F)cc3)C2=O)c1. The number of halogens is 1. The molecule has 3 aromatic carbocycles. The van der Waals surface area contributed by atoms with E-state index in [1.807, 2.05) is 24.3 Å². The minimum Gasteiger partial charge on any atom is -0.497 e. The quantitative estimate of drug-likeness (QED) is 0.481. The van der Waals surface area contributed by atoms with Gasteiger partial charge in [-0.2, -0.15) is 0 Å². The third-order valence-corrected chi connectivity index (χ3v) is 5.66. The Labute approximate surface area is 197 Å². The predicted molar refractivity (Wildman–Crippen MR) is 130 cm³/mol. The molecule has 0 atom stereocenters. The first-order chi connectivity index (χ1) is 16.3. The zero-order valence-electron chi connectivity index (χ0n) is 19.4. The zero-order valence-corrected chi connectivity index (χ0v) is 19.4. The fraction of sp³-hybridized carbons (Fsp3) is 0.185. The van der Waals surface area contributed by atoms with Gasteiger partial charge in [0.2, 0.25) is 0 Å². The maximum absolute atomic E-state index is 13.6. The number of hydrogen-bond acceptors (Lipinski definition) is 5. The predicted octanol–water partition coefficient (Wildman–Crippen LogP) is 5.36. The minimum atomic E-state index is -0.535. The molecule has 2 amide bonds. The lowest BCUT2D eigenvalue weighted by atomic mass is 10.0. The molecule has 0 bridgehead atoms.